The normalized spacial score (nSPS) is 11.5. The first-order chi connectivity index (χ1) is 8.04. The van der Waals surface area contributed by atoms with Gasteiger partial charge in [0.05, 0.1) is 0 Å². The minimum absolute atomic E-state index is 0.167. The molecule has 0 atom stereocenters. The Morgan fingerprint density at radius 2 is 1.41 bits per heavy atom. The average molecular weight is 241 g/mol. The molecule has 0 aromatic carbocycles. The maximum atomic E-state index is 11.6. The quantitative estimate of drug-likeness (QED) is 0.568. The number of carbonyl (C=O) groups is 1. The molecule has 2 nitrogen and oxygen atoms in total. The van der Waals surface area contributed by atoms with E-state index in [0.717, 1.165) is 6.42 Å². The van der Waals surface area contributed by atoms with Crippen molar-refractivity contribution < 1.29 is 4.79 Å². The molecule has 0 radical (unpaired) electrons. The van der Waals surface area contributed by atoms with E-state index in [4.69, 9.17) is 0 Å². The SMILES string of the molecule is CCCCCCCCCCC(C)(C)C(=O)NC. The summed E-state index contributed by atoms with van der Waals surface area (Å²) in [5.74, 6) is 0.167. The Kier molecular flexibility index (Phi) is 9.20. The van der Waals surface area contributed by atoms with Crippen LogP contribution in [0.2, 0.25) is 0 Å². The van der Waals surface area contributed by atoms with Crippen molar-refractivity contribution in [2.75, 3.05) is 7.05 Å². The van der Waals surface area contributed by atoms with E-state index in [1.54, 1.807) is 7.05 Å². The molecule has 0 aliphatic rings. The van der Waals surface area contributed by atoms with Crippen molar-refractivity contribution in [2.24, 2.45) is 5.41 Å². The lowest BCUT2D eigenvalue weighted by molar-refractivity contribution is -0.129. The van der Waals surface area contributed by atoms with Gasteiger partial charge in [-0.25, -0.2) is 0 Å². The lowest BCUT2D eigenvalue weighted by Gasteiger charge is -2.22. The number of carbonyl (C=O) groups excluding carboxylic acids is 1. The van der Waals surface area contributed by atoms with Crippen LogP contribution >= 0.6 is 0 Å². The van der Waals surface area contributed by atoms with E-state index in [-0.39, 0.29) is 11.3 Å². The third kappa shape index (κ3) is 8.23. The fourth-order valence-corrected chi connectivity index (χ4v) is 2.15. The van der Waals surface area contributed by atoms with Crippen molar-refractivity contribution in [1.29, 1.82) is 0 Å². The zero-order valence-corrected chi connectivity index (χ0v) is 12.3. The summed E-state index contributed by atoms with van der Waals surface area (Å²) in [6.07, 6.45) is 11.6. The molecule has 0 aliphatic heterocycles. The highest BCUT2D eigenvalue weighted by molar-refractivity contribution is 5.81. The van der Waals surface area contributed by atoms with Gasteiger partial charge < -0.3 is 5.32 Å². The molecule has 1 N–H and O–H groups in total. The van der Waals surface area contributed by atoms with Gasteiger partial charge in [-0.2, -0.15) is 0 Å². The molecule has 1 amide bonds. The summed E-state index contributed by atoms with van der Waals surface area (Å²) in [7, 11) is 1.72. The second kappa shape index (κ2) is 9.49. The van der Waals surface area contributed by atoms with E-state index in [1.807, 2.05) is 13.8 Å². The Bertz CT molecular complexity index is 199. The highest BCUT2D eigenvalue weighted by Gasteiger charge is 2.25. The summed E-state index contributed by atoms with van der Waals surface area (Å²) >= 11 is 0. The zero-order chi connectivity index (χ0) is 13.1. The van der Waals surface area contributed by atoms with Crippen LogP contribution in [0.1, 0.15) is 78.6 Å². The Hall–Kier alpha value is -0.530. The molecule has 0 bridgehead atoms. The molecule has 0 heterocycles. The average Bonchev–Trinajstić information content (AvgIpc) is 2.31. The minimum Gasteiger partial charge on any atom is -0.359 e. The van der Waals surface area contributed by atoms with Gasteiger partial charge in [-0.1, -0.05) is 72.1 Å². The van der Waals surface area contributed by atoms with Crippen molar-refractivity contribution in [3.63, 3.8) is 0 Å². The van der Waals surface area contributed by atoms with Gasteiger partial charge in [-0.05, 0) is 6.42 Å². The lowest BCUT2D eigenvalue weighted by Crippen LogP contribution is -2.34. The van der Waals surface area contributed by atoms with Gasteiger partial charge in [0.15, 0.2) is 0 Å². The monoisotopic (exact) mass is 241 g/mol. The van der Waals surface area contributed by atoms with Gasteiger partial charge in [-0.15, -0.1) is 0 Å². The van der Waals surface area contributed by atoms with Crippen LogP contribution in [-0.4, -0.2) is 13.0 Å². The summed E-state index contributed by atoms with van der Waals surface area (Å²) in [6.45, 7) is 6.32. The maximum Gasteiger partial charge on any atom is 0.225 e. The van der Waals surface area contributed by atoms with Crippen LogP contribution in [0.25, 0.3) is 0 Å². The molecule has 0 saturated carbocycles. The first-order valence-electron chi connectivity index (χ1n) is 7.26. The Labute approximate surface area is 108 Å². The third-order valence-corrected chi connectivity index (χ3v) is 3.50. The molecule has 102 valence electrons. The van der Waals surface area contributed by atoms with Crippen LogP contribution in [0.4, 0.5) is 0 Å². The van der Waals surface area contributed by atoms with Crippen LogP contribution < -0.4 is 5.32 Å². The molecule has 0 spiro atoms. The Morgan fingerprint density at radius 3 is 1.88 bits per heavy atom. The second-order valence-corrected chi connectivity index (χ2v) is 5.69. The van der Waals surface area contributed by atoms with E-state index in [2.05, 4.69) is 12.2 Å². The van der Waals surface area contributed by atoms with Crippen molar-refractivity contribution in [3.8, 4) is 0 Å². The number of hydrogen-bond donors (Lipinski definition) is 1. The molecule has 0 fully saturated rings. The van der Waals surface area contributed by atoms with Crippen molar-refractivity contribution in [2.45, 2.75) is 78.6 Å². The first kappa shape index (κ1) is 16.5. The molecule has 17 heavy (non-hydrogen) atoms. The van der Waals surface area contributed by atoms with E-state index in [1.165, 1.54) is 51.4 Å². The third-order valence-electron chi connectivity index (χ3n) is 3.50. The smallest absolute Gasteiger partial charge is 0.225 e. The zero-order valence-electron chi connectivity index (χ0n) is 12.3. The molecule has 0 aromatic heterocycles. The van der Waals surface area contributed by atoms with E-state index < -0.39 is 0 Å². The number of amides is 1. The van der Waals surface area contributed by atoms with Crippen molar-refractivity contribution in [1.82, 2.24) is 5.32 Å². The number of rotatable bonds is 10. The van der Waals surface area contributed by atoms with Gasteiger partial charge in [0, 0.05) is 12.5 Å². The molecular weight excluding hydrogens is 210 g/mol. The fourth-order valence-electron chi connectivity index (χ4n) is 2.15. The highest BCUT2D eigenvalue weighted by Crippen LogP contribution is 2.24. The highest BCUT2D eigenvalue weighted by atomic mass is 16.2. The van der Waals surface area contributed by atoms with E-state index in [9.17, 15) is 4.79 Å². The van der Waals surface area contributed by atoms with Crippen LogP contribution in [0.5, 0.6) is 0 Å². The van der Waals surface area contributed by atoms with Crippen molar-refractivity contribution in [3.05, 3.63) is 0 Å². The molecule has 0 saturated heterocycles. The summed E-state index contributed by atoms with van der Waals surface area (Å²) in [5.41, 5.74) is -0.197. The summed E-state index contributed by atoms with van der Waals surface area (Å²) in [4.78, 5) is 11.6. The van der Waals surface area contributed by atoms with Gasteiger partial charge in [0.25, 0.3) is 0 Å². The number of hydrogen-bond acceptors (Lipinski definition) is 1. The molecule has 0 unspecified atom stereocenters. The molecule has 0 aliphatic carbocycles. The van der Waals surface area contributed by atoms with Crippen LogP contribution in [0, 0.1) is 5.41 Å². The topological polar surface area (TPSA) is 29.1 Å². The van der Waals surface area contributed by atoms with Crippen LogP contribution in [-0.2, 0) is 4.79 Å². The Balaban J connectivity index is 3.42. The van der Waals surface area contributed by atoms with Gasteiger partial charge in [0.2, 0.25) is 5.91 Å². The maximum absolute atomic E-state index is 11.6. The van der Waals surface area contributed by atoms with E-state index in [0.29, 0.717) is 0 Å². The second-order valence-electron chi connectivity index (χ2n) is 5.69. The molecule has 2 heteroatoms. The van der Waals surface area contributed by atoms with Gasteiger partial charge in [-0.3, -0.25) is 4.79 Å². The summed E-state index contributed by atoms with van der Waals surface area (Å²) in [5, 5.41) is 2.74. The van der Waals surface area contributed by atoms with Gasteiger partial charge >= 0.3 is 0 Å². The summed E-state index contributed by atoms with van der Waals surface area (Å²) in [6, 6.07) is 0. The van der Waals surface area contributed by atoms with Gasteiger partial charge in [0.1, 0.15) is 0 Å². The molecule has 0 aromatic rings. The Morgan fingerprint density at radius 1 is 0.941 bits per heavy atom. The molecular formula is C15H31NO. The predicted molar refractivity (Wildman–Crippen MR) is 75.1 cm³/mol. The standard InChI is InChI=1S/C15H31NO/c1-5-6-7-8-9-10-11-12-13-15(2,3)14(17)16-4/h5-13H2,1-4H3,(H,16,17). The lowest BCUT2D eigenvalue weighted by atomic mass is 9.86. The number of unbranched alkanes of at least 4 members (excludes halogenated alkanes) is 7. The largest absolute Gasteiger partial charge is 0.359 e. The van der Waals surface area contributed by atoms with Crippen molar-refractivity contribution >= 4 is 5.91 Å². The van der Waals surface area contributed by atoms with Crippen LogP contribution in [0.3, 0.4) is 0 Å². The van der Waals surface area contributed by atoms with E-state index >= 15 is 0 Å². The minimum atomic E-state index is -0.197. The predicted octanol–water partition coefficient (Wildman–Crippen LogP) is 4.29. The number of nitrogens with one attached hydrogen (secondary N) is 1. The van der Waals surface area contributed by atoms with Crippen LogP contribution in [0.15, 0.2) is 0 Å². The molecule has 0 rings (SSSR count). The first-order valence-corrected chi connectivity index (χ1v) is 7.26. The fraction of sp³-hybridized carbons (Fsp3) is 0.933. The summed E-state index contributed by atoms with van der Waals surface area (Å²) < 4.78 is 0.